The summed E-state index contributed by atoms with van der Waals surface area (Å²) >= 11 is 5.14. The number of rotatable bonds is 2. The molecule has 1 saturated carbocycles. The Labute approximate surface area is 85.6 Å². The van der Waals surface area contributed by atoms with E-state index >= 15 is 0 Å². The minimum absolute atomic E-state index is 0.527. The molecule has 72 valence electrons. The first-order valence-electron chi connectivity index (χ1n) is 4.57. The van der Waals surface area contributed by atoms with Crippen LogP contribution in [0.2, 0.25) is 0 Å². The summed E-state index contributed by atoms with van der Waals surface area (Å²) in [6.45, 7) is 0. The second kappa shape index (κ2) is 2.81. The van der Waals surface area contributed by atoms with Crippen molar-refractivity contribution in [3.63, 3.8) is 0 Å². The van der Waals surface area contributed by atoms with Crippen molar-refractivity contribution in [3.8, 4) is 11.6 Å². The van der Waals surface area contributed by atoms with Crippen molar-refractivity contribution >= 4 is 12.2 Å². The van der Waals surface area contributed by atoms with E-state index in [1.54, 1.807) is 6.26 Å². The van der Waals surface area contributed by atoms with Gasteiger partial charge in [0.25, 0.3) is 0 Å². The summed E-state index contributed by atoms with van der Waals surface area (Å²) in [5.74, 6) is 1.45. The summed E-state index contributed by atoms with van der Waals surface area (Å²) in [7, 11) is 0. The lowest BCUT2D eigenvalue weighted by Crippen LogP contribution is -1.95. The summed E-state index contributed by atoms with van der Waals surface area (Å²) in [5.41, 5.74) is 0. The molecule has 2 aromatic rings. The molecule has 4 nitrogen and oxygen atoms in total. The number of furan rings is 1. The Hall–Kier alpha value is -1.36. The van der Waals surface area contributed by atoms with Gasteiger partial charge in [-0.1, -0.05) is 0 Å². The molecule has 2 heterocycles. The van der Waals surface area contributed by atoms with Crippen LogP contribution in [0, 0.1) is 4.77 Å². The van der Waals surface area contributed by atoms with Crippen LogP contribution in [-0.4, -0.2) is 14.8 Å². The number of hydrogen-bond acceptors (Lipinski definition) is 3. The second-order valence-corrected chi connectivity index (χ2v) is 3.80. The molecule has 0 radical (unpaired) electrons. The Kier molecular flexibility index (Phi) is 1.61. The molecule has 2 aromatic heterocycles. The van der Waals surface area contributed by atoms with E-state index in [4.69, 9.17) is 16.6 Å². The third-order valence-corrected chi connectivity index (χ3v) is 2.59. The Morgan fingerprint density at radius 3 is 3.07 bits per heavy atom. The van der Waals surface area contributed by atoms with Gasteiger partial charge in [-0.15, -0.1) is 0 Å². The van der Waals surface area contributed by atoms with Gasteiger partial charge in [-0.05, 0) is 37.2 Å². The first-order valence-corrected chi connectivity index (χ1v) is 4.98. The quantitative estimate of drug-likeness (QED) is 0.770. The van der Waals surface area contributed by atoms with Crippen molar-refractivity contribution in [2.45, 2.75) is 18.9 Å². The van der Waals surface area contributed by atoms with Crippen molar-refractivity contribution in [2.75, 3.05) is 0 Å². The van der Waals surface area contributed by atoms with Crippen LogP contribution in [0.1, 0.15) is 18.9 Å². The summed E-state index contributed by atoms with van der Waals surface area (Å²) in [4.78, 5) is 4.24. The smallest absolute Gasteiger partial charge is 0.216 e. The summed E-state index contributed by atoms with van der Waals surface area (Å²) in [5, 5.41) is 3.15. The van der Waals surface area contributed by atoms with Gasteiger partial charge in [0.05, 0.1) is 12.3 Å². The maximum Gasteiger partial charge on any atom is 0.216 e. The van der Waals surface area contributed by atoms with Gasteiger partial charge in [0.2, 0.25) is 4.77 Å². The zero-order valence-corrected chi connectivity index (χ0v) is 8.25. The van der Waals surface area contributed by atoms with Gasteiger partial charge in [0.1, 0.15) is 0 Å². The van der Waals surface area contributed by atoms with E-state index in [1.165, 1.54) is 12.8 Å². The largest absolute Gasteiger partial charge is 0.461 e. The van der Waals surface area contributed by atoms with Crippen LogP contribution in [0.4, 0.5) is 0 Å². The van der Waals surface area contributed by atoms with E-state index in [0.717, 1.165) is 5.76 Å². The third-order valence-electron chi connectivity index (χ3n) is 2.31. The van der Waals surface area contributed by atoms with Crippen LogP contribution in [0.3, 0.4) is 0 Å². The van der Waals surface area contributed by atoms with E-state index in [-0.39, 0.29) is 0 Å². The topological polar surface area (TPSA) is 46.8 Å². The zero-order chi connectivity index (χ0) is 9.54. The van der Waals surface area contributed by atoms with Crippen LogP contribution in [0.15, 0.2) is 22.8 Å². The van der Waals surface area contributed by atoms with Crippen LogP contribution in [-0.2, 0) is 0 Å². The average Bonchev–Trinajstić information content (AvgIpc) is 2.75. The monoisotopic (exact) mass is 207 g/mol. The molecule has 0 atom stereocenters. The summed E-state index contributed by atoms with van der Waals surface area (Å²) in [6.07, 6.45) is 4.00. The predicted molar refractivity (Wildman–Crippen MR) is 53.4 cm³/mol. The van der Waals surface area contributed by atoms with Crippen LogP contribution < -0.4 is 0 Å². The average molecular weight is 207 g/mol. The Balaban J connectivity index is 2.08. The van der Waals surface area contributed by atoms with Crippen molar-refractivity contribution in [3.05, 3.63) is 23.2 Å². The Morgan fingerprint density at radius 2 is 2.43 bits per heavy atom. The minimum Gasteiger partial charge on any atom is -0.461 e. The molecule has 0 aliphatic heterocycles. The van der Waals surface area contributed by atoms with Crippen LogP contribution >= 0.6 is 12.2 Å². The highest BCUT2D eigenvalue weighted by atomic mass is 32.1. The Morgan fingerprint density at radius 1 is 1.57 bits per heavy atom. The molecule has 0 spiro atoms. The maximum atomic E-state index is 5.23. The van der Waals surface area contributed by atoms with E-state index in [1.807, 2.05) is 16.8 Å². The normalized spacial score (nSPS) is 16.0. The van der Waals surface area contributed by atoms with Crippen LogP contribution in [0.5, 0.6) is 0 Å². The predicted octanol–water partition coefficient (Wildman–Crippen LogP) is 2.54. The third kappa shape index (κ3) is 1.21. The number of aromatic amines is 1. The van der Waals surface area contributed by atoms with Gasteiger partial charge < -0.3 is 4.42 Å². The second-order valence-electron chi connectivity index (χ2n) is 3.43. The van der Waals surface area contributed by atoms with Crippen molar-refractivity contribution in [2.24, 2.45) is 0 Å². The standard InChI is InChI=1S/C9H9N3OS/c14-9-10-8(7-2-1-5-13-7)11-12(9)6-3-4-6/h1-2,5-6H,3-4H2,(H,10,11,14). The first kappa shape index (κ1) is 7.99. The molecule has 0 saturated heterocycles. The molecule has 0 unspecified atom stereocenters. The maximum absolute atomic E-state index is 5.23. The molecule has 0 aromatic carbocycles. The fraction of sp³-hybridized carbons (Fsp3) is 0.333. The molecule has 1 aliphatic carbocycles. The minimum atomic E-state index is 0.527. The lowest BCUT2D eigenvalue weighted by Gasteiger charge is -1.95. The molecule has 1 N–H and O–H groups in total. The van der Waals surface area contributed by atoms with Crippen molar-refractivity contribution in [1.29, 1.82) is 0 Å². The zero-order valence-electron chi connectivity index (χ0n) is 7.43. The lowest BCUT2D eigenvalue weighted by molar-refractivity contribution is 0.572. The molecule has 1 fully saturated rings. The lowest BCUT2D eigenvalue weighted by atomic mass is 10.4. The molecular formula is C9H9N3OS. The fourth-order valence-electron chi connectivity index (χ4n) is 1.44. The number of nitrogens with zero attached hydrogens (tertiary/aromatic N) is 2. The number of aromatic nitrogens is 3. The van der Waals surface area contributed by atoms with E-state index in [0.29, 0.717) is 16.6 Å². The van der Waals surface area contributed by atoms with Gasteiger partial charge in [-0.3, -0.25) is 9.78 Å². The molecule has 1 aliphatic rings. The highest BCUT2D eigenvalue weighted by Gasteiger charge is 2.25. The number of hydrogen-bond donors (Lipinski definition) is 1. The van der Waals surface area contributed by atoms with Gasteiger partial charge in [-0.2, -0.15) is 4.98 Å². The van der Waals surface area contributed by atoms with Crippen LogP contribution in [0.25, 0.3) is 11.6 Å². The van der Waals surface area contributed by atoms with E-state index in [9.17, 15) is 0 Å². The molecular weight excluding hydrogens is 198 g/mol. The van der Waals surface area contributed by atoms with Gasteiger partial charge in [-0.25, -0.2) is 0 Å². The molecule has 3 rings (SSSR count). The molecule has 5 heteroatoms. The molecule has 14 heavy (non-hydrogen) atoms. The van der Waals surface area contributed by atoms with E-state index < -0.39 is 0 Å². The number of nitrogens with one attached hydrogen (secondary N) is 1. The molecule has 0 amide bonds. The SMILES string of the molecule is S=c1nc(-c2ccco2)[nH]n1C1CC1. The van der Waals surface area contributed by atoms with Gasteiger partial charge >= 0.3 is 0 Å². The summed E-state index contributed by atoms with van der Waals surface area (Å²) in [6, 6.07) is 4.23. The fourth-order valence-corrected chi connectivity index (χ4v) is 1.73. The molecule has 0 bridgehead atoms. The summed E-state index contributed by atoms with van der Waals surface area (Å²) < 4.78 is 7.78. The highest BCUT2D eigenvalue weighted by molar-refractivity contribution is 7.71. The van der Waals surface area contributed by atoms with E-state index in [2.05, 4.69) is 10.1 Å². The van der Waals surface area contributed by atoms with Crippen molar-refractivity contribution < 1.29 is 4.42 Å². The Bertz CT molecular complexity index is 492. The van der Waals surface area contributed by atoms with Crippen molar-refractivity contribution in [1.82, 2.24) is 14.8 Å². The number of H-pyrrole nitrogens is 1. The highest BCUT2D eigenvalue weighted by Crippen LogP contribution is 2.34. The van der Waals surface area contributed by atoms with Gasteiger partial charge in [0, 0.05) is 0 Å². The first-order chi connectivity index (χ1) is 6.84. The van der Waals surface area contributed by atoms with Gasteiger partial charge in [0.15, 0.2) is 11.6 Å².